The standard InChI is InChI=1S/C48H32N2OS/c1-4-13-33(14-5-1)34-23-25-37(26-24-34)49(39-27-29-41-40-19-10-11-22-46(40)52-47(41)32-39)38-28-30-42-45(31-38)51-44-21-12-20-43(48(42)44)50(35-15-6-2-7-16-35)36-17-8-3-9-18-36/h1-32H. The molecule has 3 nitrogen and oxygen atoms in total. The number of rotatable bonds is 7. The summed E-state index contributed by atoms with van der Waals surface area (Å²) in [6.07, 6.45) is 0. The Hall–Kier alpha value is -6.62. The molecule has 4 heteroatoms. The molecule has 0 aliphatic rings. The van der Waals surface area contributed by atoms with Crippen molar-refractivity contribution >= 4 is 87.6 Å². The van der Waals surface area contributed by atoms with Gasteiger partial charge in [-0.05, 0) is 90.0 Å². The van der Waals surface area contributed by atoms with Crippen LogP contribution < -0.4 is 9.80 Å². The minimum Gasteiger partial charge on any atom is -0.456 e. The Labute approximate surface area is 305 Å². The molecule has 10 rings (SSSR count). The first-order chi connectivity index (χ1) is 25.8. The van der Waals surface area contributed by atoms with Crippen molar-refractivity contribution in [3.63, 3.8) is 0 Å². The molecular weight excluding hydrogens is 653 g/mol. The number of para-hydroxylation sites is 2. The van der Waals surface area contributed by atoms with Crippen molar-refractivity contribution in [2.75, 3.05) is 9.80 Å². The average molecular weight is 685 g/mol. The summed E-state index contributed by atoms with van der Waals surface area (Å²) < 4.78 is 9.28. The van der Waals surface area contributed by atoms with E-state index in [1.54, 1.807) is 0 Å². The van der Waals surface area contributed by atoms with Gasteiger partial charge in [-0.25, -0.2) is 0 Å². The second-order valence-electron chi connectivity index (χ2n) is 13.0. The second-order valence-corrected chi connectivity index (χ2v) is 14.1. The highest BCUT2D eigenvalue weighted by Crippen LogP contribution is 2.45. The van der Waals surface area contributed by atoms with E-state index in [0.29, 0.717) is 0 Å². The molecule has 246 valence electrons. The first kappa shape index (κ1) is 30.2. The Kier molecular flexibility index (Phi) is 7.33. The lowest BCUT2D eigenvalue weighted by Crippen LogP contribution is -2.10. The van der Waals surface area contributed by atoms with Crippen LogP contribution >= 0.6 is 11.3 Å². The van der Waals surface area contributed by atoms with Gasteiger partial charge in [0.15, 0.2) is 0 Å². The van der Waals surface area contributed by atoms with Gasteiger partial charge in [-0.15, -0.1) is 11.3 Å². The Morgan fingerprint density at radius 2 is 0.904 bits per heavy atom. The van der Waals surface area contributed by atoms with Crippen LogP contribution in [0.3, 0.4) is 0 Å². The third-order valence-electron chi connectivity index (χ3n) is 9.84. The molecule has 8 aromatic carbocycles. The Morgan fingerprint density at radius 1 is 0.346 bits per heavy atom. The van der Waals surface area contributed by atoms with Gasteiger partial charge in [0, 0.05) is 60.1 Å². The number of hydrogen-bond acceptors (Lipinski definition) is 4. The smallest absolute Gasteiger partial charge is 0.137 e. The van der Waals surface area contributed by atoms with E-state index in [4.69, 9.17) is 4.42 Å². The van der Waals surface area contributed by atoms with Crippen LogP contribution in [-0.4, -0.2) is 0 Å². The minimum atomic E-state index is 0.842. The van der Waals surface area contributed by atoms with Gasteiger partial charge < -0.3 is 14.2 Å². The number of benzene rings is 8. The molecule has 0 saturated carbocycles. The number of nitrogens with zero attached hydrogens (tertiary/aromatic N) is 2. The van der Waals surface area contributed by atoms with Crippen molar-refractivity contribution in [1.82, 2.24) is 0 Å². The number of fused-ring (bicyclic) bond motifs is 6. The summed E-state index contributed by atoms with van der Waals surface area (Å²) in [6.45, 7) is 0. The van der Waals surface area contributed by atoms with Crippen LogP contribution in [0, 0.1) is 0 Å². The topological polar surface area (TPSA) is 19.6 Å². The lowest BCUT2D eigenvalue weighted by atomic mass is 10.0. The van der Waals surface area contributed by atoms with E-state index >= 15 is 0 Å². The maximum Gasteiger partial charge on any atom is 0.137 e. The molecule has 0 aliphatic heterocycles. The fourth-order valence-electron chi connectivity index (χ4n) is 7.44. The fraction of sp³-hybridized carbons (Fsp3) is 0. The third-order valence-corrected chi connectivity index (χ3v) is 11.0. The van der Waals surface area contributed by atoms with Gasteiger partial charge >= 0.3 is 0 Å². The summed E-state index contributed by atoms with van der Waals surface area (Å²) in [5.41, 5.74) is 10.6. The van der Waals surface area contributed by atoms with Gasteiger partial charge in [-0.2, -0.15) is 0 Å². The lowest BCUT2D eigenvalue weighted by molar-refractivity contribution is 0.669. The molecule has 0 unspecified atom stereocenters. The summed E-state index contributed by atoms with van der Waals surface area (Å²) in [5, 5.41) is 4.74. The zero-order valence-corrected chi connectivity index (χ0v) is 29.0. The lowest BCUT2D eigenvalue weighted by Gasteiger charge is -2.26. The molecule has 10 aromatic rings. The van der Waals surface area contributed by atoms with Crippen LogP contribution in [0.2, 0.25) is 0 Å². The molecule has 0 amide bonds. The number of furan rings is 1. The largest absolute Gasteiger partial charge is 0.456 e. The van der Waals surface area contributed by atoms with Gasteiger partial charge in [0.25, 0.3) is 0 Å². The van der Waals surface area contributed by atoms with Gasteiger partial charge in [-0.1, -0.05) is 109 Å². The molecule has 0 atom stereocenters. The molecule has 0 fully saturated rings. The monoisotopic (exact) mass is 684 g/mol. The molecule has 2 aromatic heterocycles. The normalized spacial score (nSPS) is 11.5. The summed E-state index contributed by atoms with van der Waals surface area (Å²) in [4.78, 5) is 4.65. The second kappa shape index (κ2) is 12.6. The minimum absolute atomic E-state index is 0.842. The SMILES string of the molecule is c1ccc(-c2ccc(N(c3ccc4c(c3)oc3cccc(N(c5ccccc5)c5ccccc5)c34)c3ccc4c(c3)sc3ccccc34)cc2)cc1. The highest BCUT2D eigenvalue weighted by molar-refractivity contribution is 7.25. The molecule has 2 heterocycles. The maximum atomic E-state index is 6.71. The number of anilines is 6. The number of hydrogen-bond donors (Lipinski definition) is 0. The molecule has 0 saturated heterocycles. The molecule has 52 heavy (non-hydrogen) atoms. The summed E-state index contributed by atoms with van der Waals surface area (Å²) >= 11 is 1.84. The van der Waals surface area contributed by atoms with Crippen molar-refractivity contribution in [3.8, 4) is 11.1 Å². The molecule has 0 spiro atoms. The van der Waals surface area contributed by atoms with Crippen molar-refractivity contribution in [1.29, 1.82) is 0 Å². The van der Waals surface area contributed by atoms with Crippen LogP contribution in [0.4, 0.5) is 34.1 Å². The summed E-state index contributed by atoms with van der Waals surface area (Å²) in [7, 11) is 0. The van der Waals surface area contributed by atoms with Crippen LogP contribution in [0.25, 0.3) is 53.2 Å². The van der Waals surface area contributed by atoms with Crippen molar-refractivity contribution < 1.29 is 4.42 Å². The average Bonchev–Trinajstić information content (AvgIpc) is 3.78. The van der Waals surface area contributed by atoms with Crippen molar-refractivity contribution in [2.45, 2.75) is 0 Å². The van der Waals surface area contributed by atoms with Gasteiger partial charge in [-0.3, -0.25) is 0 Å². The molecular formula is C48H32N2OS. The Morgan fingerprint density at radius 3 is 1.63 bits per heavy atom. The zero-order valence-electron chi connectivity index (χ0n) is 28.2. The predicted molar refractivity (Wildman–Crippen MR) is 221 cm³/mol. The van der Waals surface area contributed by atoms with Gasteiger partial charge in [0.2, 0.25) is 0 Å². The molecule has 0 aliphatic carbocycles. The quantitative estimate of drug-likeness (QED) is 0.167. The zero-order chi connectivity index (χ0) is 34.4. The molecule has 0 N–H and O–H groups in total. The summed E-state index contributed by atoms with van der Waals surface area (Å²) in [5.74, 6) is 0. The van der Waals surface area contributed by atoms with Crippen molar-refractivity contribution in [2.24, 2.45) is 0 Å². The van der Waals surface area contributed by atoms with Gasteiger partial charge in [0.05, 0.1) is 11.1 Å². The third kappa shape index (κ3) is 5.20. The van der Waals surface area contributed by atoms with E-state index in [9.17, 15) is 0 Å². The maximum absolute atomic E-state index is 6.71. The number of thiophene rings is 1. The van der Waals surface area contributed by atoms with E-state index in [0.717, 1.165) is 56.1 Å². The van der Waals surface area contributed by atoms with E-state index in [1.807, 2.05) is 11.3 Å². The summed E-state index contributed by atoms with van der Waals surface area (Å²) in [6, 6.07) is 68.9. The van der Waals surface area contributed by atoms with E-state index < -0.39 is 0 Å². The Balaban J connectivity index is 1.14. The van der Waals surface area contributed by atoms with Gasteiger partial charge in [0.1, 0.15) is 11.2 Å². The molecule has 0 radical (unpaired) electrons. The van der Waals surface area contributed by atoms with Crippen molar-refractivity contribution in [3.05, 3.63) is 194 Å². The molecule has 0 bridgehead atoms. The van der Waals surface area contributed by atoms with E-state index in [1.165, 1.54) is 31.3 Å². The van der Waals surface area contributed by atoms with Crippen LogP contribution in [0.15, 0.2) is 199 Å². The first-order valence-electron chi connectivity index (χ1n) is 17.5. The fourth-order valence-corrected chi connectivity index (χ4v) is 8.58. The van der Waals surface area contributed by atoms with E-state index in [2.05, 4.69) is 204 Å². The highest BCUT2D eigenvalue weighted by Gasteiger charge is 2.21. The van der Waals surface area contributed by atoms with E-state index in [-0.39, 0.29) is 0 Å². The predicted octanol–water partition coefficient (Wildman–Crippen LogP) is 14.6. The van der Waals surface area contributed by atoms with Crippen LogP contribution in [0.5, 0.6) is 0 Å². The van der Waals surface area contributed by atoms with Crippen LogP contribution in [-0.2, 0) is 0 Å². The van der Waals surface area contributed by atoms with Crippen LogP contribution in [0.1, 0.15) is 0 Å². The first-order valence-corrected chi connectivity index (χ1v) is 18.3. The highest BCUT2D eigenvalue weighted by atomic mass is 32.1. The Bertz CT molecular complexity index is 2800.